The van der Waals surface area contributed by atoms with Gasteiger partial charge >= 0.3 is 0 Å². The molecule has 4 heteroatoms. The fourth-order valence-corrected chi connectivity index (χ4v) is 5.46. The minimum Gasteiger partial charge on any atom is -0.208 e. The molecule has 0 spiro atoms. The molecule has 0 N–H and O–H groups in total. The second-order valence-electron chi connectivity index (χ2n) is 9.30. The Labute approximate surface area is 274 Å². The van der Waals surface area contributed by atoms with Crippen molar-refractivity contribution in [1.29, 1.82) is 0 Å². The lowest BCUT2D eigenvalue weighted by atomic mass is 9.99. The van der Waals surface area contributed by atoms with Crippen molar-refractivity contribution in [2.24, 2.45) is 0 Å². The van der Waals surface area contributed by atoms with Crippen molar-refractivity contribution in [3.8, 4) is 56.4 Å². The maximum atomic E-state index is 9.38. The summed E-state index contributed by atoms with van der Waals surface area (Å²) in [5.74, 6) is 0.459. The maximum absolute atomic E-state index is 9.38. The highest BCUT2D eigenvalue weighted by Gasteiger charge is 2.14. The molecule has 0 aliphatic carbocycles. The van der Waals surface area contributed by atoms with E-state index in [9.17, 15) is 5.48 Å². The lowest BCUT2D eigenvalue weighted by molar-refractivity contribution is 1.07. The number of hydrogen-bond acceptors (Lipinski definition) is 4. The fraction of sp³-hybridized carbons (Fsp3) is 0. The van der Waals surface area contributed by atoms with Crippen LogP contribution in [0.15, 0.2) is 151 Å². The normalized spacial score (nSPS) is 16.1. The van der Waals surface area contributed by atoms with Gasteiger partial charge in [-0.2, -0.15) is 0 Å². The molecule has 0 saturated carbocycles. The van der Waals surface area contributed by atoms with Gasteiger partial charge in [0.1, 0.15) is 0 Å². The van der Waals surface area contributed by atoms with Crippen LogP contribution in [0.5, 0.6) is 0 Å². The van der Waals surface area contributed by atoms with E-state index in [0.29, 0.717) is 11.1 Å². The molecular formula is C39H25N3S. The van der Waals surface area contributed by atoms with Crippen LogP contribution in [0.25, 0.3) is 76.6 Å². The van der Waals surface area contributed by atoms with Crippen molar-refractivity contribution >= 4 is 31.5 Å². The lowest BCUT2D eigenvalue weighted by Gasteiger charge is -2.08. The van der Waals surface area contributed by atoms with Crippen molar-refractivity contribution in [3.63, 3.8) is 0 Å². The molecule has 0 bridgehead atoms. The topological polar surface area (TPSA) is 38.7 Å². The number of thiophene rings is 1. The van der Waals surface area contributed by atoms with Gasteiger partial charge in [-0.05, 0) is 40.4 Å². The van der Waals surface area contributed by atoms with Gasteiger partial charge in [-0.1, -0.05) is 133 Å². The van der Waals surface area contributed by atoms with E-state index in [-0.39, 0.29) is 49.3 Å². The summed E-state index contributed by atoms with van der Waals surface area (Å²) < 4.78 is 132. The average Bonchev–Trinajstić information content (AvgIpc) is 3.65. The van der Waals surface area contributed by atoms with E-state index >= 15 is 0 Å². The zero-order valence-corrected chi connectivity index (χ0v) is 22.8. The van der Waals surface area contributed by atoms with Gasteiger partial charge in [-0.25, -0.2) is 15.0 Å². The van der Waals surface area contributed by atoms with Crippen molar-refractivity contribution in [3.05, 3.63) is 151 Å². The van der Waals surface area contributed by atoms with Crippen LogP contribution in [0.2, 0.25) is 0 Å². The Morgan fingerprint density at radius 1 is 0.395 bits per heavy atom. The SMILES string of the molecule is [2H]c1c([2H])c([2H])c(-c2c([2H])c([2H])c(-c3c([2H])c([2H])c4sc5c([2H])c(-c6nc(-c7ccccc7)nc(-c7ccccc7)n6)c([2H])c([2H])c5c4c3[2H])c([2H])c2[2H])c([2H])c1[2H]. The van der Waals surface area contributed by atoms with E-state index in [1.54, 1.807) is 24.3 Å². The molecule has 0 aliphatic heterocycles. The Hall–Kier alpha value is -5.45. The summed E-state index contributed by atoms with van der Waals surface area (Å²) in [5.41, 5.74) is -1.00. The van der Waals surface area contributed by atoms with E-state index in [2.05, 4.69) is 15.0 Å². The molecule has 3 nitrogen and oxygen atoms in total. The van der Waals surface area contributed by atoms with Gasteiger partial charge in [0, 0.05) is 36.9 Å². The lowest BCUT2D eigenvalue weighted by Crippen LogP contribution is -1.99. The van der Waals surface area contributed by atoms with Crippen LogP contribution in [0.3, 0.4) is 0 Å². The van der Waals surface area contributed by atoms with E-state index < -0.39 is 107 Å². The first-order chi connectivity index (χ1) is 27.6. The van der Waals surface area contributed by atoms with Crippen LogP contribution in [0.4, 0.5) is 0 Å². The van der Waals surface area contributed by atoms with Gasteiger partial charge in [0.25, 0.3) is 0 Å². The fourth-order valence-electron chi connectivity index (χ4n) is 4.49. The van der Waals surface area contributed by atoms with E-state index in [1.165, 1.54) is 0 Å². The molecule has 0 unspecified atom stereocenters. The first kappa shape index (κ1) is 14.1. The second kappa shape index (κ2) is 10.8. The van der Waals surface area contributed by atoms with Crippen LogP contribution < -0.4 is 0 Å². The summed E-state index contributed by atoms with van der Waals surface area (Å²) in [4.78, 5) is 13.9. The molecule has 202 valence electrons. The molecular weight excluding hydrogens is 543 g/mol. The molecule has 2 heterocycles. The molecule has 43 heavy (non-hydrogen) atoms. The van der Waals surface area contributed by atoms with Crippen LogP contribution in [0, 0.1) is 0 Å². The highest BCUT2D eigenvalue weighted by atomic mass is 32.1. The summed E-state index contributed by atoms with van der Waals surface area (Å²) in [5, 5.41) is -0.170. The number of rotatable bonds is 5. The van der Waals surface area contributed by atoms with Crippen LogP contribution >= 0.6 is 11.3 Å². The molecule has 8 rings (SSSR count). The summed E-state index contributed by atoms with van der Waals surface area (Å²) in [6.45, 7) is 0. The van der Waals surface area contributed by atoms with Gasteiger partial charge in [0.15, 0.2) is 17.5 Å². The minimum atomic E-state index is -0.801. The number of hydrogen-bond donors (Lipinski definition) is 0. The molecule has 6 aromatic carbocycles. The van der Waals surface area contributed by atoms with Crippen molar-refractivity contribution in [2.75, 3.05) is 0 Å². The zero-order valence-electron chi connectivity index (χ0n) is 37.0. The third kappa shape index (κ3) is 4.88. The number of benzene rings is 6. The zero-order chi connectivity index (χ0) is 41.6. The summed E-state index contributed by atoms with van der Waals surface area (Å²) in [6.07, 6.45) is 0. The Morgan fingerprint density at radius 2 is 0.907 bits per heavy atom. The largest absolute Gasteiger partial charge is 0.208 e. The number of nitrogens with zero attached hydrogens (tertiary/aromatic N) is 3. The Bertz CT molecular complexity index is 2950. The van der Waals surface area contributed by atoms with Gasteiger partial charge in [0.05, 0.1) is 20.6 Å². The van der Waals surface area contributed by atoms with Gasteiger partial charge in [-0.15, -0.1) is 11.3 Å². The summed E-state index contributed by atoms with van der Waals surface area (Å²) >= 11 is 0.852. The third-order valence-corrected chi connectivity index (χ3v) is 7.58. The smallest absolute Gasteiger partial charge is 0.164 e. The Morgan fingerprint density at radius 3 is 1.53 bits per heavy atom. The average molecular weight is 583 g/mol. The molecule has 0 atom stereocenters. The molecule has 0 aliphatic rings. The summed E-state index contributed by atoms with van der Waals surface area (Å²) in [6, 6.07) is 8.35. The van der Waals surface area contributed by atoms with Crippen LogP contribution in [-0.2, 0) is 0 Å². The van der Waals surface area contributed by atoms with Gasteiger partial charge < -0.3 is 0 Å². The monoisotopic (exact) mass is 582 g/mol. The Kier molecular flexibility index (Phi) is 3.54. The van der Waals surface area contributed by atoms with Crippen molar-refractivity contribution in [1.82, 2.24) is 15.0 Å². The third-order valence-electron chi connectivity index (χ3n) is 6.56. The second-order valence-corrected chi connectivity index (χ2v) is 10.3. The van der Waals surface area contributed by atoms with E-state index in [1.807, 2.05) is 36.4 Å². The van der Waals surface area contributed by atoms with Crippen LogP contribution in [0.1, 0.15) is 20.6 Å². The predicted octanol–water partition coefficient (Wildman–Crippen LogP) is 10.6. The van der Waals surface area contributed by atoms with Gasteiger partial charge in [0.2, 0.25) is 0 Å². The molecule has 2 aromatic heterocycles. The number of fused-ring (bicyclic) bond motifs is 3. The molecule has 0 amide bonds. The first-order valence-electron chi connectivity index (χ1n) is 20.6. The van der Waals surface area contributed by atoms with Gasteiger partial charge in [-0.3, -0.25) is 0 Å². The predicted molar refractivity (Wildman–Crippen MR) is 180 cm³/mol. The highest BCUT2D eigenvalue weighted by Crippen LogP contribution is 2.38. The Balaban J connectivity index is 1.39. The molecule has 0 radical (unpaired) electrons. The van der Waals surface area contributed by atoms with E-state index in [0.717, 1.165) is 11.3 Å². The number of aromatic nitrogens is 3. The molecule has 0 saturated heterocycles. The van der Waals surface area contributed by atoms with Crippen LogP contribution in [-0.4, -0.2) is 15.0 Å². The quantitative estimate of drug-likeness (QED) is 0.203. The van der Waals surface area contributed by atoms with E-state index in [4.69, 9.17) is 15.1 Å². The maximum Gasteiger partial charge on any atom is 0.164 e. The minimum absolute atomic E-state index is 0.0175. The van der Waals surface area contributed by atoms with Crippen molar-refractivity contribution in [2.45, 2.75) is 0 Å². The molecule has 0 fully saturated rings. The van der Waals surface area contributed by atoms with Crippen molar-refractivity contribution < 1.29 is 20.6 Å². The standard InChI is InChI=1S/C39H25N3S/c1-4-10-26(11-5-1)27-16-18-28(19-17-27)31-21-23-35-34(24-31)33-22-20-32(25-36(33)43-35)39-41-37(29-12-6-2-7-13-29)40-38(42-39)30-14-8-3-9-15-30/h1-25H/i1D,4D,5D,10D,11D,16D,17D,18D,19D,20D,21D,22D,23D,24D,25D. The highest BCUT2D eigenvalue weighted by molar-refractivity contribution is 7.25. The first-order valence-corrected chi connectivity index (χ1v) is 13.9. The molecule has 8 aromatic rings. The summed E-state index contributed by atoms with van der Waals surface area (Å²) in [7, 11) is 0.